The highest BCUT2D eigenvalue weighted by Crippen LogP contribution is 2.44. The molecule has 0 spiro atoms. The SMILES string of the molecule is O=C(Nc1ccc(N2CCN(C(=O)C3c4ccccc4Oc4ccccc43)CC2)cc1)c1cccc(Br)c1. The number of anilines is 2. The van der Waals surface area contributed by atoms with Crippen LogP contribution < -0.4 is 15.0 Å². The zero-order valence-corrected chi connectivity index (χ0v) is 22.2. The average Bonchev–Trinajstić information content (AvgIpc) is 2.96. The van der Waals surface area contributed by atoms with Crippen molar-refractivity contribution in [3.63, 3.8) is 0 Å². The van der Waals surface area contributed by atoms with Crippen LogP contribution in [0.5, 0.6) is 11.5 Å². The number of hydrogen-bond acceptors (Lipinski definition) is 4. The minimum atomic E-state index is -0.365. The van der Waals surface area contributed by atoms with Gasteiger partial charge in [-0.15, -0.1) is 0 Å². The van der Waals surface area contributed by atoms with Crippen molar-refractivity contribution in [1.29, 1.82) is 0 Å². The lowest BCUT2D eigenvalue weighted by molar-refractivity contribution is -0.132. The van der Waals surface area contributed by atoms with E-state index in [0.29, 0.717) is 18.7 Å². The third-order valence-electron chi connectivity index (χ3n) is 7.10. The summed E-state index contributed by atoms with van der Waals surface area (Å²) in [5.41, 5.74) is 4.24. The van der Waals surface area contributed by atoms with E-state index >= 15 is 0 Å². The summed E-state index contributed by atoms with van der Waals surface area (Å²) in [6, 6.07) is 30.8. The highest BCUT2D eigenvalue weighted by Gasteiger charge is 2.36. The number of carbonyl (C=O) groups excluding carboxylic acids is 2. The molecule has 2 heterocycles. The fourth-order valence-corrected chi connectivity index (χ4v) is 5.53. The maximum Gasteiger partial charge on any atom is 0.255 e. The predicted molar refractivity (Wildman–Crippen MR) is 152 cm³/mol. The van der Waals surface area contributed by atoms with Crippen LogP contribution >= 0.6 is 15.9 Å². The van der Waals surface area contributed by atoms with Crippen LogP contribution in [0.1, 0.15) is 27.4 Å². The molecule has 4 aromatic carbocycles. The first kappa shape index (κ1) is 24.2. The van der Waals surface area contributed by atoms with E-state index in [1.165, 1.54) is 0 Å². The molecule has 0 radical (unpaired) electrons. The highest BCUT2D eigenvalue weighted by molar-refractivity contribution is 9.10. The maximum atomic E-state index is 13.8. The topological polar surface area (TPSA) is 61.9 Å². The van der Waals surface area contributed by atoms with Crippen molar-refractivity contribution in [2.24, 2.45) is 0 Å². The number of carbonyl (C=O) groups is 2. The number of nitrogens with one attached hydrogen (secondary N) is 1. The van der Waals surface area contributed by atoms with Crippen molar-refractivity contribution in [2.75, 3.05) is 36.4 Å². The van der Waals surface area contributed by atoms with Crippen LogP contribution in [0.4, 0.5) is 11.4 Å². The first-order chi connectivity index (χ1) is 18.6. The number of fused-ring (bicyclic) bond motifs is 2. The van der Waals surface area contributed by atoms with Crippen molar-refractivity contribution in [1.82, 2.24) is 4.90 Å². The van der Waals surface area contributed by atoms with Crippen LogP contribution in [0.3, 0.4) is 0 Å². The molecule has 0 bridgehead atoms. The smallest absolute Gasteiger partial charge is 0.255 e. The number of para-hydroxylation sites is 2. The Labute approximate surface area is 230 Å². The fourth-order valence-electron chi connectivity index (χ4n) is 5.13. The van der Waals surface area contributed by atoms with Gasteiger partial charge in [-0.1, -0.05) is 58.4 Å². The fraction of sp³-hybridized carbons (Fsp3) is 0.161. The number of hydrogen-bond donors (Lipinski definition) is 1. The molecule has 2 aliphatic rings. The molecule has 4 aromatic rings. The Morgan fingerprint density at radius 2 is 1.39 bits per heavy atom. The molecule has 0 atom stereocenters. The van der Waals surface area contributed by atoms with E-state index in [4.69, 9.17) is 4.74 Å². The third kappa shape index (κ3) is 4.77. The number of amides is 2. The number of rotatable bonds is 4. The third-order valence-corrected chi connectivity index (χ3v) is 7.59. The molecular formula is C31H26BrN3O3. The molecular weight excluding hydrogens is 542 g/mol. The molecule has 7 heteroatoms. The van der Waals surface area contributed by atoms with Gasteiger partial charge in [-0.2, -0.15) is 0 Å². The Kier molecular flexibility index (Phi) is 6.60. The van der Waals surface area contributed by atoms with E-state index in [1.807, 2.05) is 89.8 Å². The molecule has 0 unspecified atom stereocenters. The monoisotopic (exact) mass is 567 g/mol. The number of nitrogens with zero attached hydrogens (tertiary/aromatic N) is 2. The quantitative estimate of drug-likeness (QED) is 0.315. The van der Waals surface area contributed by atoms with Crippen molar-refractivity contribution in [3.8, 4) is 11.5 Å². The second-order valence-electron chi connectivity index (χ2n) is 9.43. The van der Waals surface area contributed by atoms with Crippen molar-refractivity contribution in [2.45, 2.75) is 5.92 Å². The Balaban J connectivity index is 1.11. The maximum absolute atomic E-state index is 13.8. The van der Waals surface area contributed by atoms with E-state index in [0.717, 1.165) is 51.6 Å². The summed E-state index contributed by atoms with van der Waals surface area (Å²) in [6.07, 6.45) is 0. The molecule has 0 saturated carbocycles. The second kappa shape index (κ2) is 10.3. The van der Waals surface area contributed by atoms with Gasteiger partial charge in [0.2, 0.25) is 5.91 Å². The van der Waals surface area contributed by atoms with Crippen molar-refractivity contribution in [3.05, 3.63) is 118 Å². The van der Waals surface area contributed by atoms with Gasteiger partial charge in [-0.25, -0.2) is 0 Å². The van der Waals surface area contributed by atoms with Gasteiger partial charge in [-0.05, 0) is 54.6 Å². The molecule has 6 rings (SSSR count). The molecule has 6 nitrogen and oxygen atoms in total. The lowest BCUT2D eigenvalue weighted by Crippen LogP contribution is -2.50. The Bertz CT molecular complexity index is 1450. The summed E-state index contributed by atoms with van der Waals surface area (Å²) in [5.74, 6) is 1.09. The standard InChI is InChI=1S/C31H26BrN3O3/c32-22-7-5-6-21(20-22)30(36)33-23-12-14-24(15-13-23)34-16-18-35(19-17-34)31(37)29-25-8-1-3-10-27(25)38-28-11-4-2-9-26(28)29/h1-15,20,29H,16-19H2,(H,33,36). The zero-order chi connectivity index (χ0) is 26.1. The van der Waals surface area contributed by atoms with Crippen LogP contribution in [0.15, 0.2) is 102 Å². The molecule has 1 fully saturated rings. The van der Waals surface area contributed by atoms with Crippen LogP contribution in [-0.2, 0) is 4.79 Å². The molecule has 38 heavy (non-hydrogen) atoms. The summed E-state index contributed by atoms with van der Waals surface area (Å²) < 4.78 is 6.94. The molecule has 1 saturated heterocycles. The van der Waals surface area contributed by atoms with Gasteiger partial charge in [0.15, 0.2) is 0 Å². The zero-order valence-electron chi connectivity index (χ0n) is 20.6. The molecule has 2 aliphatic heterocycles. The van der Waals surface area contributed by atoms with Crippen LogP contribution in [0.2, 0.25) is 0 Å². The summed E-state index contributed by atoms with van der Waals surface area (Å²) in [5, 5.41) is 2.95. The molecule has 2 amide bonds. The molecule has 0 aliphatic carbocycles. The van der Waals surface area contributed by atoms with E-state index in [1.54, 1.807) is 12.1 Å². The number of halogens is 1. The molecule has 0 aromatic heterocycles. The van der Waals surface area contributed by atoms with E-state index in [9.17, 15) is 9.59 Å². The lowest BCUT2D eigenvalue weighted by atomic mass is 9.86. The summed E-state index contributed by atoms with van der Waals surface area (Å²) in [4.78, 5) is 30.6. The van der Waals surface area contributed by atoms with Crippen molar-refractivity contribution < 1.29 is 14.3 Å². The van der Waals surface area contributed by atoms with Gasteiger partial charge in [-0.3, -0.25) is 9.59 Å². The highest BCUT2D eigenvalue weighted by atomic mass is 79.9. The second-order valence-corrected chi connectivity index (χ2v) is 10.4. The largest absolute Gasteiger partial charge is 0.457 e. The first-order valence-electron chi connectivity index (χ1n) is 12.6. The van der Waals surface area contributed by atoms with Gasteiger partial charge >= 0.3 is 0 Å². The predicted octanol–water partition coefficient (Wildman–Crippen LogP) is 6.29. The number of benzene rings is 4. The van der Waals surface area contributed by atoms with Crippen LogP contribution in [0, 0.1) is 0 Å². The van der Waals surface area contributed by atoms with E-state index in [2.05, 4.69) is 26.1 Å². The van der Waals surface area contributed by atoms with Crippen LogP contribution in [0.25, 0.3) is 0 Å². The average molecular weight is 568 g/mol. The van der Waals surface area contributed by atoms with Gasteiger partial charge < -0.3 is 19.9 Å². The van der Waals surface area contributed by atoms with Crippen LogP contribution in [-0.4, -0.2) is 42.9 Å². The Morgan fingerprint density at radius 3 is 2.03 bits per heavy atom. The van der Waals surface area contributed by atoms with Gasteiger partial charge in [0, 0.05) is 58.7 Å². The van der Waals surface area contributed by atoms with Gasteiger partial charge in [0.1, 0.15) is 11.5 Å². The Morgan fingerprint density at radius 1 is 0.763 bits per heavy atom. The summed E-state index contributed by atoms with van der Waals surface area (Å²) >= 11 is 3.40. The molecule has 1 N–H and O–H groups in total. The van der Waals surface area contributed by atoms with Gasteiger partial charge in [0.05, 0.1) is 5.92 Å². The number of ether oxygens (including phenoxy) is 1. The normalized spacial score (nSPS) is 14.8. The molecule has 190 valence electrons. The number of piperazine rings is 1. The van der Waals surface area contributed by atoms with Gasteiger partial charge in [0.25, 0.3) is 5.91 Å². The summed E-state index contributed by atoms with van der Waals surface area (Å²) in [6.45, 7) is 2.76. The van der Waals surface area contributed by atoms with Crippen molar-refractivity contribution >= 4 is 39.1 Å². The minimum Gasteiger partial charge on any atom is -0.457 e. The van der Waals surface area contributed by atoms with E-state index < -0.39 is 0 Å². The summed E-state index contributed by atoms with van der Waals surface area (Å²) in [7, 11) is 0. The minimum absolute atomic E-state index is 0.110. The lowest BCUT2D eigenvalue weighted by Gasteiger charge is -2.38. The Hall–Kier alpha value is -4.10. The van der Waals surface area contributed by atoms with E-state index in [-0.39, 0.29) is 17.7 Å². The first-order valence-corrected chi connectivity index (χ1v) is 13.4.